The standard InChI is InChI=1S/C26H24N2O6/c29-24(28-34-16-25(30)31)13-12-17-6-5-7-18(14-17)27-26(32)33-15-23-21-10-3-1-8-19(21)20-9-2-4-11-22(20)23/h1-11,14,23H,12-13,15-16H2,(H,27,32)(H,28,29)(H,30,31). The summed E-state index contributed by atoms with van der Waals surface area (Å²) in [6.45, 7) is -0.388. The molecule has 0 saturated carbocycles. The fourth-order valence-electron chi connectivity index (χ4n) is 4.04. The molecule has 8 nitrogen and oxygen atoms in total. The number of benzene rings is 3. The summed E-state index contributed by atoms with van der Waals surface area (Å²) in [6.07, 6.45) is -0.0601. The van der Waals surface area contributed by atoms with Crippen LogP contribution in [0.3, 0.4) is 0 Å². The van der Waals surface area contributed by atoms with E-state index in [1.54, 1.807) is 18.2 Å². The molecular formula is C26H24N2O6. The van der Waals surface area contributed by atoms with E-state index in [0.29, 0.717) is 12.1 Å². The molecule has 1 aliphatic carbocycles. The number of fused-ring (bicyclic) bond motifs is 3. The van der Waals surface area contributed by atoms with E-state index in [-0.39, 0.29) is 18.9 Å². The predicted molar refractivity (Wildman–Crippen MR) is 125 cm³/mol. The van der Waals surface area contributed by atoms with E-state index in [1.165, 1.54) is 0 Å². The van der Waals surface area contributed by atoms with Crippen molar-refractivity contribution in [1.82, 2.24) is 5.48 Å². The monoisotopic (exact) mass is 460 g/mol. The maximum Gasteiger partial charge on any atom is 0.411 e. The number of rotatable bonds is 9. The molecule has 3 aromatic carbocycles. The molecule has 34 heavy (non-hydrogen) atoms. The molecule has 3 N–H and O–H groups in total. The van der Waals surface area contributed by atoms with Gasteiger partial charge in [-0.25, -0.2) is 15.1 Å². The summed E-state index contributed by atoms with van der Waals surface area (Å²) in [5, 5.41) is 11.2. The van der Waals surface area contributed by atoms with Gasteiger partial charge in [-0.2, -0.15) is 0 Å². The molecule has 0 spiro atoms. The summed E-state index contributed by atoms with van der Waals surface area (Å²) in [6, 6.07) is 23.4. The Balaban J connectivity index is 1.30. The van der Waals surface area contributed by atoms with Crippen LogP contribution >= 0.6 is 0 Å². The fraction of sp³-hybridized carbons (Fsp3) is 0.192. The van der Waals surface area contributed by atoms with Gasteiger partial charge in [0.25, 0.3) is 0 Å². The molecule has 0 radical (unpaired) electrons. The van der Waals surface area contributed by atoms with Crippen LogP contribution in [-0.2, 0) is 25.6 Å². The number of amides is 2. The van der Waals surface area contributed by atoms with Gasteiger partial charge in [0, 0.05) is 18.0 Å². The van der Waals surface area contributed by atoms with Crippen molar-refractivity contribution in [2.45, 2.75) is 18.8 Å². The van der Waals surface area contributed by atoms with Crippen LogP contribution in [0.5, 0.6) is 0 Å². The Kier molecular flexibility index (Phi) is 7.19. The minimum atomic E-state index is -1.17. The number of carbonyl (C=O) groups is 3. The lowest BCUT2D eigenvalue weighted by Crippen LogP contribution is -2.26. The van der Waals surface area contributed by atoms with Gasteiger partial charge in [0.05, 0.1) is 0 Å². The third kappa shape index (κ3) is 5.60. The van der Waals surface area contributed by atoms with Crippen molar-refractivity contribution in [3.05, 3.63) is 89.5 Å². The molecule has 0 bridgehead atoms. The first-order valence-electron chi connectivity index (χ1n) is 10.8. The number of carboxylic acid groups (broad SMARTS) is 1. The van der Waals surface area contributed by atoms with Crippen molar-refractivity contribution in [2.75, 3.05) is 18.5 Å². The maximum absolute atomic E-state index is 12.5. The quantitative estimate of drug-likeness (QED) is 0.414. The number of nitrogens with one attached hydrogen (secondary N) is 2. The predicted octanol–water partition coefficient (Wildman–Crippen LogP) is 4.11. The SMILES string of the molecule is O=C(O)CONC(=O)CCc1cccc(NC(=O)OCC2c3ccccc3-c3ccccc32)c1. The highest BCUT2D eigenvalue weighted by Gasteiger charge is 2.29. The van der Waals surface area contributed by atoms with Gasteiger partial charge >= 0.3 is 12.1 Å². The smallest absolute Gasteiger partial charge is 0.411 e. The van der Waals surface area contributed by atoms with E-state index in [1.807, 2.05) is 30.3 Å². The lowest BCUT2D eigenvalue weighted by atomic mass is 9.98. The third-order valence-corrected chi connectivity index (χ3v) is 5.54. The second-order valence-electron chi connectivity index (χ2n) is 7.86. The molecule has 4 rings (SSSR count). The zero-order chi connectivity index (χ0) is 23.9. The number of hydrogen-bond acceptors (Lipinski definition) is 5. The minimum Gasteiger partial charge on any atom is -0.479 e. The van der Waals surface area contributed by atoms with Crippen LogP contribution in [0, 0.1) is 0 Å². The Morgan fingerprint density at radius 3 is 2.24 bits per heavy atom. The van der Waals surface area contributed by atoms with Crippen molar-refractivity contribution in [1.29, 1.82) is 0 Å². The first-order valence-corrected chi connectivity index (χ1v) is 10.8. The number of hydrogen-bond donors (Lipinski definition) is 3. The van der Waals surface area contributed by atoms with Crippen LogP contribution in [0.2, 0.25) is 0 Å². The molecule has 174 valence electrons. The number of anilines is 1. The largest absolute Gasteiger partial charge is 0.479 e. The van der Waals surface area contributed by atoms with Gasteiger partial charge in [-0.1, -0.05) is 60.7 Å². The molecule has 1 aliphatic rings. The van der Waals surface area contributed by atoms with Crippen LogP contribution in [-0.4, -0.2) is 36.3 Å². The van der Waals surface area contributed by atoms with Crippen LogP contribution in [0.25, 0.3) is 11.1 Å². The van der Waals surface area contributed by atoms with E-state index in [2.05, 4.69) is 39.9 Å². The molecule has 2 amide bonds. The van der Waals surface area contributed by atoms with Crippen molar-refractivity contribution in [3.8, 4) is 11.1 Å². The van der Waals surface area contributed by atoms with Crippen LogP contribution in [0.1, 0.15) is 29.0 Å². The molecule has 8 heteroatoms. The van der Waals surface area contributed by atoms with E-state index >= 15 is 0 Å². The van der Waals surface area contributed by atoms with Crippen molar-refractivity contribution in [3.63, 3.8) is 0 Å². The fourth-order valence-corrected chi connectivity index (χ4v) is 4.04. The van der Waals surface area contributed by atoms with Gasteiger partial charge in [0.1, 0.15) is 6.61 Å². The van der Waals surface area contributed by atoms with Crippen LogP contribution < -0.4 is 10.8 Å². The number of aliphatic carboxylic acids is 1. The molecule has 0 fully saturated rings. The highest BCUT2D eigenvalue weighted by atomic mass is 16.7. The third-order valence-electron chi connectivity index (χ3n) is 5.54. The average molecular weight is 460 g/mol. The Morgan fingerprint density at radius 1 is 0.882 bits per heavy atom. The summed E-state index contributed by atoms with van der Waals surface area (Å²) < 4.78 is 5.57. The number of aryl methyl sites for hydroxylation is 1. The van der Waals surface area contributed by atoms with Gasteiger partial charge in [-0.15, -0.1) is 0 Å². The zero-order valence-corrected chi connectivity index (χ0v) is 18.3. The van der Waals surface area contributed by atoms with E-state index < -0.39 is 24.6 Å². The Bertz CT molecular complexity index is 1160. The number of carboxylic acids is 1. The second kappa shape index (κ2) is 10.6. The highest BCUT2D eigenvalue weighted by molar-refractivity contribution is 5.85. The summed E-state index contributed by atoms with van der Waals surface area (Å²) in [5.41, 5.74) is 8.07. The molecule has 0 saturated heterocycles. The number of hydroxylamine groups is 1. The molecule has 0 unspecified atom stereocenters. The van der Waals surface area contributed by atoms with E-state index in [0.717, 1.165) is 27.8 Å². The molecular weight excluding hydrogens is 436 g/mol. The lowest BCUT2D eigenvalue weighted by Gasteiger charge is -2.15. The lowest BCUT2D eigenvalue weighted by molar-refractivity contribution is -0.149. The van der Waals surface area contributed by atoms with Crippen LogP contribution in [0.4, 0.5) is 10.5 Å². The summed E-state index contributed by atoms with van der Waals surface area (Å²) in [5.74, 6) is -1.63. The van der Waals surface area contributed by atoms with Gasteiger partial charge in [-0.3, -0.25) is 14.9 Å². The normalized spacial score (nSPS) is 11.9. The molecule has 0 atom stereocenters. The van der Waals surface area contributed by atoms with Gasteiger partial charge in [0.15, 0.2) is 6.61 Å². The number of carbonyl (C=O) groups excluding carboxylic acids is 2. The van der Waals surface area contributed by atoms with Crippen LogP contribution in [0.15, 0.2) is 72.8 Å². The molecule has 3 aromatic rings. The Labute approximate surface area is 196 Å². The van der Waals surface area contributed by atoms with Crippen molar-refractivity contribution >= 4 is 23.7 Å². The topological polar surface area (TPSA) is 114 Å². The van der Waals surface area contributed by atoms with E-state index in [4.69, 9.17) is 9.84 Å². The highest BCUT2D eigenvalue weighted by Crippen LogP contribution is 2.44. The van der Waals surface area contributed by atoms with Gasteiger partial charge in [0.2, 0.25) is 5.91 Å². The van der Waals surface area contributed by atoms with Gasteiger partial charge in [-0.05, 0) is 46.4 Å². The second-order valence-corrected chi connectivity index (χ2v) is 7.86. The average Bonchev–Trinajstić information content (AvgIpc) is 3.15. The summed E-state index contributed by atoms with van der Waals surface area (Å²) in [7, 11) is 0. The van der Waals surface area contributed by atoms with E-state index in [9.17, 15) is 14.4 Å². The van der Waals surface area contributed by atoms with Crippen molar-refractivity contribution in [2.24, 2.45) is 0 Å². The first-order chi connectivity index (χ1) is 16.5. The van der Waals surface area contributed by atoms with Gasteiger partial charge < -0.3 is 9.84 Å². The zero-order valence-electron chi connectivity index (χ0n) is 18.3. The Hall–Kier alpha value is -4.17. The minimum absolute atomic E-state index is 0.0219. The molecule has 0 aromatic heterocycles. The van der Waals surface area contributed by atoms with Crippen molar-refractivity contribution < 1.29 is 29.1 Å². The summed E-state index contributed by atoms with van der Waals surface area (Å²) >= 11 is 0. The maximum atomic E-state index is 12.5. The first kappa shape index (κ1) is 23.0. The number of ether oxygens (including phenoxy) is 1. The summed E-state index contributed by atoms with van der Waals surface area (Å²) in [4.78, 5) is 39.2. The molecule has 0 heterocycles. The molecule has 0 aliphatic heterocycles. The Morgan fingerprint density at radius 2 is 1.56 bits per heavy atom.